The number of ketones is 1. The third-order valence-corrected chi connectivity index (χ3v) is 5.14. The van der Waals surface area contributed by atoms with Crippen LogP contribution < -0.4 is 0 Å². The Bertz CT molecular complexity index is 584. The summed E-state index contributed by atoms with van der Waals surface area (Å²) in [7, 11) is 0. The SMILES string of the molecule is O=C(CCC(=O)N1CCCN(CC2CC2)CC1)c1ccc(Cl)cc1. The summed E-state index contributed by atoms with van der Waals surface area (Å²) in [6.07, 6.45) is 4.33. The van der Waals surface area contributed by atoms with Crippen molar-refractivity contribution in [2.75, 3.05) is 32.7 Å². The average Bonchev–Trinajstić information content (AvgIpc) is 3.41. The fourth-order valence-electron chi connectivity index (χ4n) is 3.23. The summed E-state index contributed by atoms with van der Waals surface area (Å²) < 4.78 is 0. The van der Waals surface area contributed by atoms with Crippen LogP contribution in [0.1, 0.15) is 42.5 Å². The van der Waals surface area contributed by atoms with Crippen molar-refractivity contribution >= 4 is 23.3 Å². The van der Waals surface area contributed by atoms with E-state index in [2.05, 4.69) is 4.90 Å². The van der Waals surface area contributed by atoms with E-state index >= 15 is 0 Å². The molecule has 0 radical (unpaired) electrons. The number of halogens is 1. The second-order valence-corrected chi connectivity index (χ2v) is 7.34. The monoisotopic (exact) mass is 348 g/mol. The molecule has 1 heterocycles. The molecule has 24 heavy (non-hydrogen) atoms. The summed E-state index contributed by atoms with van der Waals surface area (Å²) in [6, 6.07) is 6.85. The summed E-state index contributed by atoms with van der Waals surface area (Å²) >= 11 is 5.83. The standard InChI is InChI=1S/C19H25ClN2O2/c20-17-6-4-16(5-7-17)18(23)8-9-19(24)22-11-1-10-21(12-13-22)14-15-2-3-15/h4-7,15H,1-3,8-14H2. The molecule has 130 valence electrons. The average molecular weight is 349 g/mol. The molecule has 4 nitrogen and oxygen atoms in total. The van der Waals surface area contributed by atoms with E-state index < -0.39 is 0 Å². The van der Waals surface area contributed by atoms with Gasteiger partial charge in [-0.2, -0.15) is 0 Å². The van der Waals surface area contributed by atoms with E-state index in [1.54, 1.807) is 24.3 Å². The van der Waals surface area contributed by atoms with Crippen LogP contribution in [0.2, 0.25) is 5.02 Å². The van der Waals surface area contributed by atoms with Crippen molar-refractivity contribution < 1.29 is 9.59 Å². The first-order valence-electron chi connectivity index (χ1n) is 8.91. The molecule has 1 saturated carbocycles. The molecule has 1 saturated heterocycles. The van der Waals surface area contributed by atoms with E-state index in [1.807, 2.05) is 4.90 Å². The fourth-order valence-corrected chi connectivity index (χ4v) is 3.35. The fraction of sp³-hybridized carbons (Fsp3) is 0.579. The number of carbonyl (C=O) groups excluding carboxylic acids is 2. The van der Waals surface area contributed by atoms with Crippen LogP contribution in [0.3, 0.4) is 0 Å². The van der Waals surface area contributed by atoms with Gasteiger partial charge in [-0.25, -0.2) is 0 Å². The van der Waals surface area contributed by atoms with Gasteiger partial charge in [0.05, 0.1) is 0 Å². The molecule has 1 aromatic carbocycles. The molecule has 0 unspecified atom stereocenters. The van der Waals surface area contributed by atoms with Crippen molar-refractivity contribution in [3.8, 4) is 0 Å². The van der Waals surface area contributed by atoms with Crippen molar-refractivity contribution in [3.63, 3.8) is 0 Å². The van der Waals surface area contributed by atoms with Crippen molar-refractivity contribution in [2.24, 2.45) is 5.92 Å². The van der Waals surface area contributed by atoms with Gasteiger partial charge in [-0.05, 0) is 56.0 Å². The Balaban J connectivity index is 1.44. The number of carbonyl (C=O) groups is 2. The van der Waals surface area contributed by atoms with Gasteiger partial charge in [0.25, 0.3) is 0 Å². The zero-order valence-electron chi connectivity index (χ0n) is 14.0. The molecule has 0 bridgehead atoms. The van der Waals surface area contributed by atoms with Crippen LogP contribution in [-0.4, -0.2) is 54.2 Å². The Morgan fingerprint density at radius 1 is 1.00 bits per heavy atom. The molecular formula is C19H25ClN2O2. The Labute approximate surface area is 148 Å². The number of nitrogens with zero attached hydrogens (tertiary/aromatic N) is 2. The van der Waals surface area contributed by atoms with Crippen molar-refractivity contribution in [3.05, 3.63) is 34.9 Å². The lowest BCUT2D eigenvalue weighted by Gasteiger charge is -2.22. The highest BCUT2D eigenvalue weighted by Crippen LogP contribution is 2.29. The van der Waals surface area contributed by atoms with Gasteiger partial charge in [0.1, 0.15) is 0 Å². The predicted octanol–water partition coefficient (Wildman–Crippen LogP) is 3.25. The van der Waals surface area contributed by atoms with Crippen LogP contribution in [0.5, 0.6) is 0 Å². The summed E-state index contributed by atoms with van der Waals surface area (Å²) in [4.78, 5) is 29.0. The highest BCUT2D eigenvalue weighted by atomic mass is 35.5. The van der Waals surface area contributed by atoms with Crippen LogP contribution in [0.15, 0.2) is 24.3 Å². The van der Waals surface area contributed by atoms with Crippen LogP contribution in [0.4, 0.5) is 0 Å². The van der Waals surface area contributed by atoms with Crippen LogP contribution >= 0.6 is 11.6 Å². The number of hydrogen-bond acceptors (Lipinski definition) is 3. The molecule has 0 N–H and O–H groups in total. The van der Waals surface area contributed by atoms with Gasteiger partial charge >= 0.3 is 0 Å². The first-order valence-corrected chi connectivity index (χ1v) is 9.28. The maximum atomic E-state index is 12.4. The van der Waals surface area contributed by atoms with E-state index in [-0.39, 0.29) is 18.1 Å². The number of amides is 1. The Kier molecular flexibility index (Phi) is 5.90. The van der Waals surface area contributed by atoms with E-state index in [0.717, 1.165) is 38.5 Å². The number of hydrogen-bond donors (Lipinski definition) is 0. The van der Waals surface area contributed by atoms with Gasteiger partial charge in [-0.15, -0.1) is 0 Å². The van der Waals surface area contributed by atoms with Crippen molar-refractivity contribution in [2.45, 2.75) is 32.1 Å². The van der Waals surface area contributed by atoms with Gasteiger partial charge in [-0.1, -0.05) is 11.6 Å². The lowest BCUT2D eigenvalue weighted by atomic mass is 10.1. The molecule has 1 aliphatic heterocycles. The predicted molar refractivity (Wildman–Crippen MR) is 95.4 cm³/mol. The zero-order valence-corrected chi connectivity index (χ0v) is 14.8. The van der Waals surface area contributed by atoms with Gasteiger partial charge in [0.2, 0.25) is 5.91 Å². The topological polar surface area (TPSA) is 40.6 Å². The first kappa shape index (κ1) is 17.4. The molecular weight excluding hydrogens is 324 g/mol. The number of benzene rings is 1. The zero-order chi connectivity index (χ0) is 16.9. The molecule has 0 spiro atoms. The van der Waals surface area contributed by atoms with Crippen LogP contribution in [-0.2, 0) is 4.79 Å². The Morgan fingerprint density at radius 2 is 1.75 bits per heavy atom. The van der Waals surface area contributed by atoms with Gasteiger partial charge < -0.3 is 9.80 Å². The maximum absolute atomic E-state index is 12.4. The second kappa shape index (κ2) is 8.13. The summed E-state index contributed by atoms with van der Waals surface area (Å²) in [5.74, 6) is 1.00. The molecule has 0 aromatic heterocycles. The normalized spacial score (nSPS) is 19.1. The summed E-state index contributed by atoms with van der Waals surface area (Å²) in [6.45, 7) is 4.85. The van der Waals surface area contributed by atoms with Gasteiger partial charge in [0, 0.05) is 49.6 Å². The third-order valence-electron chi connectivity index (χ3n) is 4.89. The van der Waals surface area contributed by atoms with Crippen LogP contribution in [0, 0.1) is 5.92 Å². The Hall–Kier alpha value is -1.39. The second-order valence-electron chi connectivity index (χ2n) is 6.91. The van der Waals surface area contributed by atoms with Gasteiger partial charge in [-0.3, -0.25) is 9.59 Å². The molecule has 1 aromatic rings. The maximum Gasteiger partial charge on any atom is 0.223 e. The van der Waals surface area contributed by atoms with E-state index in [4.69, 9.17) is 11.6 Å². The first-order chi connectivity index (χ1) is 11.6. The highest BCUT2D eigenvalue weighted by molar-refractivity contribution is 6.30. The van der Waals surface area contributed by atoms with Crippen molar-refractivity contribution in [1.82, 2.24) is 9.80 Å². The third kappa shape index (κ3) is 5.05. The molecule has 0 atom stereocenters. The van der Waals surface area contributed by atoms with Crippen molar-refractivity contribution in [1.29, 1.82) is 0 Å². The molecule has 5 heteroatoms. The minimum Gasteiger partial charge on any atom is -0.341 e. The van der Waals surface area contributed by atoms with Crippen LogP contribution in [0.25, 0.3) is 0 Å². The highest BCUT2D eigenvalue weighted by Gasteiger charge is 2.26. The smallest absolute Gasteiger partial charge is 0.223 e. The molecule has 2 fully saturated rings. The summed E-state index contributed by atoms with van der Waals surface area (Å²) in [5.41, 5.74) is 0.624. The molecule has 1 amide bonds. The lowest BCUT2D eigenvalue weighted by Crippen LogP contribution is -2.35. The minimum atomic E-state index is 0.00481. The largest absolute Gasteiger partial charge is 0.341 e. The number of Topliss-reactive ketones (excluding diaryl/α,β-unsaturated/α-hetero) is 1. The van der Waals surface area contributed by atoms with E-state index in [1.165, 1.54) is 19.4 Å². The van der Waals surface area contributed by atoms with E-state index in [0.29, 0.717) is 17.0 Å². The summed E-state index contributed by atoms with van der Waals surface area (Å²) in [5, 5.41) is 0.614. The van der Waals surface area contributed by atoms with Gasteiger partial charge in [0.15, 0.2) is 5.78 Å². The van der Waals surface area contributed by atoms with E-state index in [9.17, 15) is 9.59 Å². The Morgan fingerprint density at radius 3 is 2.46 bits per heavy atom. The molecule has 1 aliphatic carbocycles. The number of rotatable bonds is 6. The minimum absolute atomic E-state index is 0.00481. The molecule has 3 rings (SSSR count). The lowest BCUT2D eigenvalue weighted by molar-refractivity contribution is -0.131. The molecule has 2 aliphatic rings. The quantitative estimate of drug-likeness (QED) is 0.741.